The minimum absolute atomic E-state index is 0.0117. The number of amides is 1. The molecule has 2 heterocycles. The molecule has 0 fully saturated rings. The molecule has 4 aromatic rings. The minimum Gasteiger partial charge on any atom is -0.494 e. The van der Waals surface area contributed by atoms with Gasteiger partial charge in [-0.15, -0.1) is 0 Å². The molecule has 0 atom stereocenters. The molecule has 0 unspecified atom stereocenters. The lowest BCUT2D eigenvalue weighted by Crippen LogP contribution is -2.32. The topological polar surface area (TPSA) is 55.3 Å². The zero-order chi connectivity index (χ0) is 21.8. The van der Waals surface area contributed by atoms with E-state index in [0.717, 1.165) is 27.2 Å². The van der Waals surface area contributed by atoms with Crippen LogP contribution in [0.3, 0.4) is 0 Å². The fraction of sp³-hybridized carbons (Fsp3) is 0.240. The van der Waals surface area contributed by atoms with Crippen molar-refractivity contribution in [1.29, 1.82) is 0 Å². The number of aromatic nitrogens is 2. The van der Waals surface area contributed by atoms with Gasteiger partial charge in [-0.25, -0.2) is 4.98 Å². The number of rotatable bonds is 7. The Kier molecular flexibility index (Phi) is 6.28. The summed E-state index contributed by atoms with van der Waals surface area (Å²) < 4.78 is 6.58. The number of carbonyl (C=O) groups is 1. The highest BCUT2D eigenvalue weighted by atomic mass is 32.1. The van der Waals surface area contributed by atoms with Crippen LogP contribution in [0.4, 0.5) is 5.13 Å². The van der Waals surface area contributed by atoms with Crippen LogP contribution in [-0.2, 0) is 17.8 Å². The monoisotopic (exact) mass is 431 g/mol. The van der Waals surface area contributed by atoms with Gasteiger partial charge in [0.05, 0.1) is 35.5 Å². The lowest BCUT2D eigenvalue weighted by atomic mass is 10.1. The normalized spacial score (nSPS) is 10.9. The summed E-state index contributed by atoms with van der Waals surface area (Å²) in [6.45, 7) is 7.13. The van der Waals surface area contributed by atoms with Crippen molar-refractivity contribution >= 4 is 32.6 Å². The molecule has 1 amide bonds. The van der Waals surface area contributed by atoms with E-state index in [0.29, 0.717) is 18.3 Å². The molecule has 0 aliphatic rings. The van der Waals surface area contributed by atoms with Crippen molar-refractivity contribution in [2.45, 2.75) is 33.7 Å². The summed E-state index contributed by atoms with van der Waals surface area (Å²) in [7, 11) is 0. The molecule has 5 nitrogen and oxygen atoms in total. The van der Waals surface area contributed by atoms with E-state index in [2.05, 4.69) is 31.0 Å². The van der Waals surface area contributed by atoms with Gasteiger partial charge in [0.25, 0.3) is 0 Å². The Morgan fingerprint density at radius 1 is 1.06 bits per heavy atom. The quantitative estimate of drug-likeness (QED) is 0.389. The second-order valence-corrected chi connectivity index (χ2v) is 8.46. The van der Waals surface area contributed by atoms with Crippen LogP contribution in [0.25, 0.3) is 10.2 Å². The molecule has 2 aromatic heterocycles. The van der Waals surface area contributed by atoms with Crippen molar-refractivity contribution in [3.63, 3.8) is 0 Å². The Hall–Kier alpha value is -3.25. The van der Waals surface area contributed by atoms with Crippen molar-refractivity contribution in [2.75, 3.05) is 11.5 Å². The molecule has 6 heteroatoms. The van der Waals surface area contributed by atoms with E-state index in [4.69, 9.17) is 9.72 Å². The number of nitrogens with zero attached hydrogens (tertiary/aromatic N) is 3. The third kappa shape index (κ3) is 4.91. The maximum Gasteiger partial charge on any atom is 0.233 e. The molecule has 0 N–H and O–H groups in total. The molecule has 0 bridgehead atoms. The fourth-order valence-electron chi connectivity index (χ4n) is 3.34. The molecule has 0 radical (unpaired) electrons. The van der Waals surface area contributed by atoms with Crippen LogP contribution in [-0.4, -0.2) is 22.5 Å². The van der Waals surface area contributed by atoms with Crippen molar-refractivity contribution < 1.29 is 9.53 Å². The molecular formula is C25H25N3O2S. The lowest BCUT2D eigenvalue weighted by Gasteiger charge is -2.19. The van der Waals surface area contributed by atoms with Crippen molar-refractivity contribution in [3.05, 3.63) is 83.2 Å². The first-order chi connectivity index (χ1) is 15.0. The molecule has 4 rings (SSSR count). The van der Waals surface area contributed by atoms with E-state index in [1.54, 1.807) is 22.4 Å². The molecule has 158 valence electrons. The largest absolute Gasteiger partial charge is 0.494 e. The Morgan fingerprint density at radius 3 is 2.55 bits per heavy atom. The lowest BCUT2D eigenvalue weighted by molar-refractivity contribution is -0.118. The zero-order valence-electron chi connectivity index (χ0n) is 18.0. The van der Waals surface area contributed by atoms with Crippen molar-refractivity contribution in [2.24, 2.45) is 0 Å². The first-order valence-corrected chi connectivity index (χ1v) is 11.1. The van der Waals surface area contributed by atoms with Crippen molar-refractivity contribution in [1.82, 2.24) is 9.97 Å². The number of benzene rings is 2. The molecule has 0 aliphatic heterocycles. The SMILES string of the molecule is CCOc1ccc(CC(=O)N(Cc2ccccn2)c2nc3cc(C)c(C)cc3s2)cc1. The first-order valence-electron chi connectivity index (χ1n) is 10.3. The number of thiazole rings is 1. The van der Waals surface area contributed by atoms with Crippen LogP contribution in [0.5, 0.6) is 5.75 Å². The van der Waals surface area contributed by atoms with Gasteiger partial charge in [-0.3, -0.25) is 14.7 Å². The number of fused-ring (bicyclic) bond motifs is 1. The van der Waals surface area contributed by atoms with Gasteiger partial charge in [0.2, 0.25) is 5.91 Å². The van der Waals surface area contributed by atoms with Gasteiger partial charge >= 0.3 is 0 Å². The number of pyridine rings is 1. The van der Waals surface area contributed by atoms with Crippen LogP contribution >= 0.6 is 11.3 Å². The Bertz CT molecular complexity index is 1150. The molecule has 0 aliphatic carbocycles. The molecule has 0 saturated carbocycles. The number of hydrogen-bond donors (Lipinski definition) is 0. The summed E-state index contributed by atoms with van der Waals surface area (Å²) in [5.74, 6) is 0.795. The van der Waals surface area contributed by atoms with Crippen molar-refractivity contribution in [3.8, 4) is 5.75 Å². The van der Waals surface area contributed by atoms with Gasteiger partial charge < -0.3 is 4.74 Å². The summed E-state index contributed by atoms with van der Waals surface area (Å²) in [6, 6.07) is 17.6. The van der Waals surface area contributed by atoms with Crippen LogP contribution in [0.15, 0.2) is 60.8 Å². The van der Waals surface area contributed by atoms with Crippen LogP contribution in [0.2, 0.25) is 0 Å². The summed E-state index contributed by atoms with van der Waals surface area (Å²) in [4.78, 5) is 24.3. The average Bonchev–Trinajstić information content (AvgIpc) is 3.17. The summed E-state index contributed by atoms with van der Waals surface area (Å²) in [5.41, 5.74) is 5.10. The molecule has 2 aromatic carbocycles. The average molecular weight is 432 g/mol. The molecule has 0 spiro atoms. The number of ether oxygens (including phenoxy) is 1. The number of aryl methyl sites for hydroxylation is 2. The van der Waals surface area contributed by atoms with E-state index < -0.39 is 0 Å². The first kappa shape index (κ1) is 21.0. The zero-order valence-corrected chi connectivity index (χ0v) is 18.8. The highest BCUT2D eigenvalue weighted by Crippen LogP contribution is 2.32. The molecule has 31 heavy (non-hydrogen) atoms. The Labute approximate surface area is 186 Å². The van der Waals surface area contributed by atoms with Gasteiger partial charge in [-0.1, -0.05) is 29.5 Å². The van der Waals surface area contributed by atoms with Crippen LogP contribution < -0.4 is 9.64 Å². The number of carbonyl (C=O) groups excluding carboxylic acids is 1. The second kappa shape index (κ2) is 9.27. The van der Waals surface area contributed by atoms with E-state index in [1.807, 2.05) is 49.4 Å². The Morgan fingerprint density at radius 2 is 1.84 bits per heavy atom. The van der Waals surface area contributed by atoms with E-state index >= 15 is 0 Å². The second-order valence-electron chi connectivity index (χ2n) is 7.46. The van der Waals surface area contributed by atoms with Gasteiger partial charge in [0.1, 0.15) is 5.75 Å². The molecular weight excluding hydrogens is 406 g/mol. The van der Waals surface area contributed by atoms with Gasteiger partial charge in [-0.05, 0) is 73.9 Å². The maximum absolute atomic E-state index is 13.4. The smallest absolute Gasteiger partial charge is 0.233 e. The maximum atomic E-state index is 13.4. The van der Waals surface area contributed by atoms with Gasteiger partial charge in [0, 0.05) is 6.20 Å². The van der Waals surface area contributed by atoms with E-state index in [9.17, 15) is 4.79 Å². The van der Waals surface area contributed by atoms with E-state index in [-0.39, 0.29) is 12.3 Å². The summed E-state index contributed by atoms with van der Waals surface area (Å²) in [5, 5.41) is 0.696. The third-order valence-corrected chi connectivity index (χ3v) is 6.20. The van der Waals surface area contributed by atoms with Crippen LogP contribution in [0.1, 0.15) is 29.3 Å². The predicted molar refractivity (Wildman–Crippen MR) is 126 cm³/mol. The standard InChI is InChI=1S/C25H25N3O2S/c1-4-30-21-10-8-19(9-11-21)15-24(29)28(16-20-7-5-6-12-26-20)25-27-22-13-17(2)18(3)14-23(22)31-25/h5-14H,4,15-16H2,1-3H3. The predicted octanol–water partition coefficient (Wildman–Crippen LogP) is 5.48. The molecule has 0 saturated heterocycles. The minimum atomic E-state index is -0.0117. The summed E-state index contributed by atoms with van der Waals surface area (Å²) >= 11 is 1.54. The van der Waals surface area contributed by atoms with E-state index in [1.165, 1.54) is 11.1 Å². The highest BCUT2D eigenvalue weighted by molar-refractivity contribution is 7.22. The third-order valence-electron chi connectivity index (χ3n) is 5.16. The number of anilines is 1. The Balaban J connectivity index is 1.64. The summed E-state index contributed by atoms with van der Waals surface area (Å²) in [6.07, 6.45) is 2.03. The van der Waals surface area contributed by atoms with Gasteiger partial charge in [-0.2, -0.15) is 0 Å². The highest BCUT2D eigenvalue weighted by Gasteiger charge is 2.21. The van der Waals surface area contributed by atoms with Crippen LogP contribution in [0, 0.1) is 13.8 Å². The van der Waals surface area contributed by atoms with Gasteiger partial charge in [0.15, 0.2) is 5.13 Å². The fourth-order valence-corrected chi connectivity index (χ4v) is 4.40. The number of hydrogen-bond acceptors (Lipinski definition) is 5.